The van der Waals surface area contributed by atoms with E-state index in [0.717, 1.165) is 12.1 Å². The standard InChI is InChI=1S/C15H16ClN5/c16-13-4-2-1-3-11(13)9-21-14(18)12(7-17)15(20-21)19-8-10-5-6-10/h1-4,10H,5-6,8-9,18H2,(H,19,20). The molecule has 0 aliphatic heterocycles. The van der Waals surface area contributed by atoms with Crippen LogP contribution in [-0.2, 0) is 6.54 Å². The summed E-state index contributed by atoms with van der Waals surface area (Å²) in [6.07, 6.45) is 2.48. The lowest BCUT2D eigenvalue weighted by Gasteiger charge is -2.06. The van der Waals surface area contributed by atoms with Crippen LogP contribution in [0.15, 0.2) is 24.3 Å². The van der Waals surface area contributed by atoms with Gasteiger partial charge in [0, 0.05) is 11.6 Å². The smallest absolute Gasteiger partial charge is 0.168 e. The van der Waals surface area contributed by atoms with Crippen LogP contribution in [0.2, 0.25) is 5.02 Å². The van der Waals surface area contributed by atoms with Crippen LogP contribution in [-0.4, -0.2) is 16.3 Å². The van der Waals surface area contributed by atoms with Gasteiger partial charge in [-0.05, 0) is 30.4 Å². The fourth-order valence-corrected chi connectivity index (χ4v) is 2.38. The number of halogens is 1. The quantitative estimate of drug-likeness (QED) is 0.890. The van der Waals surface area contributed by atoms with Gasteiger partial charge in [0.15, 0.2) is 5.82 Å². The van der Waals surface area contributed by atoms with E-state index in [1.165, 1.54) is 12.8 Å². The average molecular weight is 302 g/mol. The van der Waals surface area contributed by atoms with Crippen molar-refractivity contribution >= 4 is 23.2 Å². The highest BCUT2D eigenvalue weighted by Crippen LogP contribution is 2.30. The largest absolute Gasteiger partial charge is 0.383 e. The lowest BCUT2D eigenvalue weighted by Crippen LogP contribution is -2.07. The zero-order valence-corrected chi connectivity index (χ0v) is 12.3. The summed E-state index contributed by atoms with van der Waals surface area (Å²) in [5, 5.41) is 17.6. The molecule has 5 nitrogen and oxygen atoms in total. The molecule has 1 fully saturated rings. The first-order chi connectivity index (χ1) is 10.2. The number of nitrogen functional groups attached to an aromatic ring is 1. The Labute approximate surface area is 128 Å². The number of rotatable bonds is 5. The van der Waals surface area contributed by atoms with Gasteiger partial charge >= 0.3 is 0 Å². The van der Waals surface area contributed by atoms with E-state index in [4.69, 9.17) is 17.3 Å². The monoisotopic (exact) mass is 301 g/mol. The molecule has 0 atom stereocenters. The molecule has 0 spiro atoms. The van der Waals surface area contributed by atoms with Gasteiger partial charge in [-0.1, -0.05) is 29.8 Å². The van der Waals surface area contributed by atoms with Gasteiger partial charge in [0.05, 0.1) is 6.54 Å². The number of anilines is 2. The van der Waals surface area contributed by atoms with E-state index >= 15 is 0 Å². The third-order valence-corrected chi connectivity index (χ3v) is 4.01. The average Bonchev–Trinajstić information content (AvgIpc) is 3.25. The van der Waals surface area contributed by atoms with E-state index in [-0.39, 0.29) is 0 Å². The van der Waals surface area contributed by atoms with Crippen LogP contribution < -0.4 is 11.1 Å². The molecular formula is C15H16ClN5. The second-order valence-electron chi connectivity index (χ2n) is 5.29. The van der Waals surface area contributed by atoms with E-state index in [2.05, 4.69) is 16.5 Å². The fourth-order valence-electron chi connectivity index (χ4n) is 2.18. The van der Waals surface area contributed by atoms with Gasteiger partial charge in [-0.15, -0.1) is 0 Å². The summed E-state index contributed by atoms with van der Waals surface area (Å²) < 4.78 is 1.62. The summed E-state index contributed by atoms with van der Waals surface area (Å²) >= 11 is 6.16. The fraction of sp³-hybridized carbons (Fsp3) is 0.333. The third-order valence-electron chi connectivity index (χ3n) is 3.64. The van der Waals surface area contributed by atoms with Crippen molar-refractivity contribution in [3.63, 3.8) is 0 Å². The topological polar surface area (TPSA) is 79.7 Å². The Bertz CT molecular complexity index is 697. The number of hydrogen-bond donors (Lipinski definition) is 2. The molecule has 1 saturated carbocycles. The summed E-state index contributed by atoms with van der Waals surface area (Å²) in [5.41, 5.74) is 7.36. The number of nitrogens with one attached hydrogen (secondary N) is 1. The molecule has 1 heterocycles. The predicted molar refractivity (Wildman–Crippen MR) is 83.1 cm³/mol. The molecule has 1 aromatic heterocycles. The zero-order valence-electron chi connectivity index (χ0n) is 11.5. The van der Waals surface area contributed by atoms with Crippen molar-refractivity contribution in [1.29, 1.82) is 5.26 Å². The highest BCUT2D eigenvalue weighted by atomic mass is 35.5. The van der Waals surface area contributed by atoms with E-state index in [9.17, 15) is 5.26 Å². The van der Waals surface area contributed by atoms with Crippen LogP contribution in [0.3, 0.4) is 0 Å². The minimum absolute atomic E-state index is 0.371. The van der Waals surface area contributed by atoms with E-state index in [1.54, 1.807) is 4.68 Å². The van der Waals surface area contributed by atoms with Gasteiger partial charge in [0.1, 0.15) is 17.5 Å². The molecule has 0 unspecified atom stereocenters. The van der Waals surface area contributed by atoms with Crippen molar-refractivity contribution in [2.75, 3.05) is 17.6 Å². The number of hydrogen-bond acceptors (Lipinski definition) is 4. The molecule has 1 aliphatic carbocycles. The minimum Gasteiger partial charge on any atom is -0.383 e. The van der Waals surface area contributed by atoms with Gasteiger partial charge in [-0.3, -0.25) is 0 Å². The second-order valence-corrected chi connectivity index (χ2v) is 5.70. The molecule has 108 valence electrons. The lowest BCUT2D eigenvalue weighted by atomic mass is 10.2. The number of nitrogens with two attached hydrogens (primary N) is 1. The molecule has 2 aromatic rings. The Morgan fingerprint density at radius 3 is 2.86 bits per heavy atom. The normalized spacial score (nSPS) is 13.9. The van der Waals surface area contributed by atoms with Crippen molar-refractivity contribution < 1.29 is 0 Å². The predicted octanol–water partition coefficient (Wildman–Crippen LogP) is 2.86. The van der Waals surface area contributed by atoms with E-state index in [0.29, 0.717) is 34.7 Å². The number of benzene rings is 1. The first kappa shape index (κ1) is 13.8. The summed E-state index contributed by atoms with van der Waals surface area (Å²) in [6.45, 7) is 1.29. The van der Waals surface area contributed by atoms with E-state index in [1.807, 2.05) is 24.3 Å². The van der Waals surface area contributed by atoms with Gasteiger partial charge in [0.2, 0.25) is 0 Å². The van der Waals surface area contributed by atoms with Gasteiger partial charge in [0.25, 0.3) is 0 Å². The molecule has 1 aromatic carbocycles. The van der Waals surface area contributed by atoms with Crippen LogP contribution >= 0.6 is 11.6 Å². The van der Waals surface area contributed by atoms with Crippen molar-refractivity contribution in [2.45, 2.75) is 19.4 Å². The molecule has 0 bridgehead atoms. The second kappa shape index (κ2) is 5.66. The first-order valence-electron chi connectivity index (χ1n) is 6.92. The Morgan fingerprint density at radius 2 is 2.19 bits per heavy atom. The van der Waals surface area contributed by atoms with Gasteiger partial charge < -0.3 is 11.1 Å². The molecule has 21 heavy (non-hydrogen) atoms. The summed E-state index contributed by atoms with van der Waals surface area (Å²) in [4.78, 5) is 0. The summed E-state index contributed by atoms with van der Waals surface area (Å²) in [7, 11) is 0. The summed E-state index contributed by atoms with van der Waals surface area (Å²) in [5.74, 6) is 1.64. The molecular weight excluding hydrogens is 286 g/mol. The molecule has 0 saturated heterocycles. The molecule has 3 N–H and O–H groups in total. The number of nitrogens with zero attached hydrogens (tertiary/aromatic N) is 3. The van der Waals surface area contributed by atoms with Crippen molar-refractivity contribution in [1.82, 2.24) is 9.78 Å². The maximum absolute atomic E-state index is 9.26. The number of aromatic nitrogens is 2. The Kier molecular flexibility index (Phi) is 3.72. The zero-order chi connectivity index (χ0) is 14.8. The lowest BCUT2D eigenvalue weighted by molar-refractivity contribution is 0.697. The minimum atomic E-state index is 0.371. The van der Waals surface area contributed by atoms with Gasteiger partial charge in [-0.25, -0.2) is 4.68 Å². The highest BCUT2D eigenvalue weighted by molar-refractivity contribution is 6.31. The van der Waals surface area contributed by atoms with Crippen LogP contribution in [0.5, 0.6) is 0 Å². The number of nitriles is 1. The highest BCUT2D eigenvalue weighted by Gasteiger charge is 2.23. The maximum Gasteiger partial charge on any atom is 0.168 e. The van der Waals surface area contributed by atoms with Crippen molar-refractivity contribution in [3.05, 3.63) is 40.4 Å². The SMILES string of the molecule is N#Cc1c(NCC2CC2)nn(Cc2ccccc2Cl)c1N. The Hall–Kier alpha value is -2.19. The molecule has 0 amide bonds. The Balaban J connectivity index is 1.84. The Morgan fingerprint density at radius 1 is 1.43 bits per heavy atom. The van der Waals surface area contributed by atoms with Crippen LogP contribution in [0.1, 0.15) is 24.0 Å². The molecule has 3 rings (SSSR count). The van der Waals surface area contributed by atoms with Crippen LogP contribution in [0.4, 0.5) is 11.6 Å². The molecule has 6 heteroatoms. The summed E-state index contributed by atoms with van der Waals surface area (Å²) in [6, 6.07) is 9.67. The van der Waals surface area contributed by atoms with Crippen LogP contribution in [0, 0.1) is 17.2 Å². The maximum atomic E-state index is 9.26. The van der Waals surface area contributed by atoms with Crippen molar-refractivity contribution in [2.24, 2.45) is 5.92 Å². The molecule has 0 radical (unpaired) electrons. The van der Waals surface area contributed by atoms with E-state index < -0.39 is 0 Å². The van der Waals surface area contributed by atoms with Crippen LogP contribution in [0.25, 0.3) is 0 Å². The third kappa shape index (κ3) is 2.96. The van der Waals surface area contributed by atoms with Crippen molar-refractivity contribution in [3.8, 4) is 6.07 Å². The molecule has 1 aliphatic rings. The first-order valence-corrected chi connectivity index (χ1v) is 7.30. The van der Waals surface area contributed by atoms with Gasteiger partial charge in [-0.2, -0.15) is 10.4 Å².